The van der Waals surface area contributed by atoms with Crippen LogP contribution in [0.25, 0.3) is 5.76 Å². The fourth-order valence-electron chi connectivity index (χ4n) is 5.03. The molecule has 0 aromatic heterocycles. The minimum absolute atomic E-state index is 0.0302. The fourth-order valence-corrected chi connectivity index (χ4v) is 6.19. The van der Waals surface area contributed by atoms with E-state index in [1.807, 2.05) is 13.8 Å². The van der Waals surface area contributed by atoms with Crippen molar-refractivity contribution >= 4 is 44.7 Å². The summed E-state index contributed by atoms with van der Waals surface area (Å²) in [5.41, 5.74) is 4.73. The number of nitrogens with zero attached hydrogens (tertiary/aromatic N) is 1. The van der Waals surface area contributed by atoms with Gasteiger partial charge in [0.2, 0.25) is 0 Å². The number of ketones is 1. The van der Waals surface area contributed by atoms with Crippen molar-refractivity contribution in [1.29, 1.82) is 0 Å². The molecule has 2 aromatic rings. The molecule has 0 unspecified atom stereocenters. The van der Waals surface area contributed by atoms with Gasteiger partial charge in [-0.25, -0.2) is 4.79 Å². The average Bonchev–Trinajstić information content (AvgIpc) is 2.88. The average molecular weight is 564 g/mol. The number of anilines is 2. The maximum absolute atomic E-state index is 14.5. The number of nitrogens with one attached hydrogen (secondary N) is 1. The van der Waals surface area contributed by atoms with Gasteiger partial charge in [0.1, 0.15) is 10.5 Å². The van der Waals surface area contributed by atoms with Crippen molar-refractivity contribution in [2.75, 3.05) is 11.1 Å². The van der Waals surface area contributed by atoms with Gasteiger partial charge in [-0.05, 0) is 36.6 Å². The number of hydrogen-bond donors (Lipinski definition) is 2. The van der Waals surface area contributed by atoms with Crippen LogP contribution < -0.4 is 11.1 Å². The lowest BCUT2D eigenvalue weighted by Gasteiger charge is -2.40. The third-order valence-corrected chi connectivity index (χ3v) is 8.22. The minimum Gasteiger partial charge on any atom is -0.418 e. The van der Waals surface area contributed by atoms with Crippen molar-refractivity contribution in [1.82, 2.24) is 0 Å². The third kappa shape index (κ3) is 5.17. The molecule has 2 aromatic carbocycles. The van der Waals surface area contributed by atoms with Gasteiger partial charge < -0.3 is 15.8 Å². The maximum atomic E-state index is 14.5. The molecule has 0 amide bonds. The van der Waals surface area contributed by atoms with E-state index in [0.29, 0.717) is 31.2 Å². The van der Waals surface area contributed by atoms with Crippen molar-refractivity contribution < 1.29 is 35.9 Å². The molecule has 208 valence electrons. The molecule has 4 rings (SSSR count). The number of unbranched alkanes of at least 4 members (excludes halogenated alkanes) is 2. The van der Waals surface area contributed by atoms with E-state index in [2.05, 4.69) is 9.71 Å². The van der Waals surface area contributed by atoms with Crippen LogP contribution in [0.4, 0.5) is 24.5 Å². The first-order valence-corrected chi connectivity index (χ1v) is 14.0. The van der Waals surface area contributed by atoms with Crippen LogP contribution in [0.15, 0.2) is 57.3 Å². The zero-order valence-corrected chi connectivity index (χ0v) is 22.2. The Labute approximate surface area is 224 Å². The predicted octanol–water partition coefficient (Wildman–Crippen LogP) is 5.50. The molecule has 0 saturated carbocycles. The van der Waals surface area contributed by atoms with Crippen LogP contribution >= 0.6 is 0 Å². The molecule has 8 nitrogen and oxygen atoms in total. The monoisotopic (exact) mass is 563 g/mol. The number of nitrogen functional groups attached to an aromatic ring is 1. The molecule has 0 spiro atoms. The summed E-state index contributed by atoms with van der Waals surface area (Å²) < 4.78 is 74.9. The van der Waals surface area contributed by atoms with Gasteiger partial charge in [-0.15, -0.1) is 4.40 Å². The van der Waals surface area contributed by atoms with E-state index in [0.717, 1.165) is 12.8 Å². The number of halogens is 3. The van der Waals surface area contributed by atoms with Gasteiger partial charge in [0.05, 0.1) is 11.1 Å². The lowest BCUT2D eigenvalue weighted by molar-refractivity contribution is -0.192. The molecule has 1 aliphatic carbocycles. The SMILES string of the molecule is CCCCC1(CCCC)C(=O)C(C2=NS(=O)(=O)c3cc(N)ccc3N2)=C(OC(=O)C(F)(F)F)c2ccccc21. The van der Waals surface area contributed by atoms with Crippen LogP contribution in [0.2, 0.25) is 0 Å². The number of hydrogen-bond acceptors (Lipinski definition) is 7. The summed E-state index contributed by atoms with van der Waals surface area (Å²) in [6.45, 7) is 3.89. The van der Waals surface area contributed by atoms with E-state index in [9.17, 15) is 31.2 Å². The van der Waals surface area contributed by atoms with Crippen LogP contribution in [0, 0.1) is 0 Å². The zero-order valence-electron chi connectivity index (χ0n) is 21.4. The molecule has 1 heterocycles. The lowest BCUT2D eigenvalue weighted by atomic mass is 9.63. The highest BCUT2D eigenvalue weighted by Gasteiger charge is 2.51. The molecule has 1 aliphatic heterocycles. The number of alkyl halides is 3. The number of rotatable bonds is 8. The number of carbonyl (C=O) groups is 2. The van der Waals surface area contributed by atoms with E-state index in [1.165, 1.54) is 24.3 Å². The number of nitrogens with two attached hydrogens (primary N) is 1. The standard InChI is InChI=1S/C27H28F3N3O5S/c1-3-5-13-26(14-6-4-2)18-10-8-7-9-17(18)22(38-25(35)27(28,29)30)21(23(26)34)24-32-19-12-11-16(31)15-20(19)39(36,37)33-24/h7-12,15H,3-6,13-14,31H2,1-2H3,(H,32,33). The Morgan fingerprint density at radius 3 is 2.33 bits per heavy atom. The van der Waals surface area contributed by atoms with Crippen molar-refractivity contribution in [2.45, 2.75) is 68.9 Å². The van der Waals surface area contributed by atoms with Gasteiger partial charge in [0, 0.05) is 11.3 Å². The molecule has 0 radical (unpaired) electrons. The summed E-state index contributed by atoms with van der Waals surface area (Å²) in [5, 5.41) is 2.77. The van der Waals surface area contributed by atoms with E-state index in [1.54, 1.807) is 18.2 Å². The molecule has 39 heavy (non-hydrogen) atoms. The summed E-state index contributed by atoms with van der Waals surface area (Å²) >= 11 is 0. The normalized spacial score (nSPS) is 17.6. The quantitative estimate of drug-likeness (QED) is 0.321. The van der Waals surface area contributed by atoms with Gasteiger partial charge in [-0.1, -0.05) is 63.8 Å². The molecule has 3 N–H and O–H groups in total. The number of amidine groups is 1. The van der Waals surface area contributed by atoms with E-state index >= 15 is 0 Å². The number of sulfonamides is 1. The van der Waals surface area contributed by atoms with Crippen molar-refractivity contribution in [2.24, 2.45) is 4.40 Å². The number of ether oxygens (including phenoxy) is 1. The van der Waals surface area contributed by atoms with Gasteiger partial charge in [-0.2, -0.15) is 21.6 Å². The van der Waals surface area contributed by atoms with E-state index in [-0.39, 0.29) is 21.8 Å². The molecule has 0 saturated heterocycles. The second-order valence-corrected chi connectivity index (χ2v) is 11.1. The molecular formula is C27H28F3N3O5S. The van der Waals surface area contributed by atoms with Gasteiger partial charge >= 0.3 is 12.1 Å². The van der Waals surface area contributed by atoms with Crippen LogP contribution in [0.5, 0.6) is 0 Å². The Hall–Kier alpha value is -3.67. The number of carbonyl (C=O) groups excluding carboxylic acids is 2. The summed E-state index contributed by atoms with van der Waals surface area (Å²) in [6.07, 6.45) is -1.94. The third-order valence-electron chi connectivity index (χ3n) is 6.90. The van der Waals surface area contributed by atoms with Crippen molar-refractivity contribution in [3.05, 3.63) is 59.2 Å². The van der Waals surface area contributed by atoms with Crippen LogP contribution in [0.1, 0.15) is 63.5 Å². The number of esters is 1. The first kappa shape index (κ1) is 28.3. The first-order valence-electron chi connectivity index (χ1n) is 12.6. The zero-order chi connectivity index (χ0) is 28.6. The van der Waals surface area contributed by atoms with Crippen LogP contribution in [0.3, 0.4) is 0 Å². The number of benzene rings is 2. The predicted molar refractivity (Wildman–Crippen MR) is 140 cm³/mol. The topological polar surface area (TPSA) is 128 Å². The Kier molecular flexibility index (Phi) is 7.61. The van der Waals surface area contributed by atoms with Crippen LogP contribution in [-0.4, -0.2) is 32.2 Å². The van der Waals surface area contributed by atoms with Gasteiger partial charge in [0.25, 0.3) is 10.0 Å². The van der Waals surface area contributed by atoms with Gasteiger partial charge in [-0.3, -0.25) is 4.79 Å². The fraction of sp³-hybridized carbons (Fsp3) is 0.370. The number of Topliss-reactive ketones (excluding diaryl/α,β-unsaturated/α-hetero) is 1. The highest BCUT2D eigenvalue weighted by atomic mass is 32.2. The highest BCUT2D eigenvalue weighted by molar-refractivity contribution is 7.90. The number of fused-ring (bicyclic) bond motifs is 2. The van der Waals surface area contributed by atoms with E-state index < -0.39 is 50.5 Å². The smallest absolute Gasteiger partial charge is 0.418 e. The lowest BCUT2D eigenvalue weighted by Crippen LogP contribution is -2.45. The largest absolute Gasteiger partial charge is 0.491 e. The highest BCUT2D eigenvalue weighted by Crippen LogP contribution is 2.48. The Morgan fingerprint density at radius 1 is 1.08 bits per heavy atom. The molecule has 0 bridgehead atoms. The summed E-state index contributed by atoms with van der Waals surface area (Å²) in [4.78, 5) is 26.3. The Balaban J connectivity index is 2.03. The Morgan fingerprint density at radius 2 is 1.72 bits per heavy atom. The maximum Gasteiger partial charge on any atom is 0.491 e. The summed E-state index contributed by atoms with van der Waals surface area (Å²) in [6, 6.07) is 10.3. The molecule has 0 fully saturated rings. The second kappa shape index (κ2) is 10.5. The van der Waals surface area contributed by atoms with Crippen LogP contribution in [-0.2, 0) is 29.8 Å². The van der Waals surface area contributed by atoms with E-state index in [4.69, 9.17) is 10.5 Å². The molecular weight excluding hydrogens is 535 g/mol. The van der Waals surface area contributed by atoms with Gasteiger partial charge in [0.15, 0.2) is 17.4 Å². The Bertz CT molecular complexity index is 1490. The molecule has 0 atom stereocenters. The summed E-state index contributed by atoms with van der Waals surface area (Å²) in [7, 11) is -4.42. The first-order chi connectivity index (χ1) is 18.4. The molecule has 12 heteroatoms. The second-order valence-electron chi connectivity index (χ2n) is 9.55. The van der Waals surface area contributed by atoms with Crippen molar-refractivity contribution in [3.63, 3.8) is 0 Å². The minimum atomic E-state index is -5.37. The van der Waals surface area contributed by atoms with Crippen molar-refractivity contribution in [3.8, 4) is 0 Å². The summed E-state index contributed by atoms with van der Waals surface area (Å²) in [5.74, 6) is -4.41. The molecule has 2 aliphatic rings.